The number of likely N-dealkylation sites (tertiary alicyclic amines) is 1. The van der Waals surface area contributed by atoms with Crippen LogP contribution in [0.25, 0.3) is 0 Å². The summed E-state index contributed by atoms with van der Waals surface area (Å²) in [4.78, 5) is 26.5. The molecule has 0 bridgehead atoms. The molecule has 1 saturated heterocycles. The number of nitrogens with zero attached hydrogens (tertiary/aromatic N) is 1. The van der Waals surface area contributed by atoms with Gasteiger partial charge in [0.15, 0.2) is 0 Å². The zero-order valence-corrected chi connectivity index (χ0v) is 15.5. The molecular formula is C22H26N2O2. The second-order valence-electron chi connectivity index (χ2n) is 7.05. The molecule has 1 aliphatic heterocycles. The van der Waals surface area contributed by atoms with Crippen molar-refractivity contribution < 1.29 is 9.59 Å². The Hall–Kier alpha value is -2.62. The Morgan fingerprint density at radius 2 is 1.65 bits per heavy atom. The van der Waals surface area contributed by atoms with Crippen LogP contribution in [-0.2, 0) is 29.1 Å². The first-order chi connectivity index (χ1) is 12.5. The summed E-state index contributed by atoms with van der Waals surface area (Å²) in [6, 6.07) is 16.4. The molecule has 0 radical (unpaired) electrons. The van der Waals surface area contributed by atoms with Crippen molar-refractivity contribution >= 4 is 11.8 Å². The Balaban J connectivity index is 1.52. The maximum atomic E-state index is 12.4. The number of carbonyl (C=O) groups excluding carboxylic acids is 2. The topological polar surface area (TPSA) is 49.4 Å². The predicted octanol–water partition coefficient (Wildman–Crippen LogP) is 3.22. The number of benzene rings is 2. The molecule has 0 spiro atoms. The first kappa shape index (κ1) is 18.2. The quantitative estimate of drug-likeness (QED) is 0.870. The fourth-order valence-electron chi connectivity index (χ4n) is 3.24. The fourth-order valence-corrected chi connectivity index (χ4v) is 3.24. The van der Waals surface area contributed by atoms with Gasteiger partial charge in [0.2, 0.25) is 11.8 Å². The molecule has 1 N–H and O–H groups in total. The number of aryl methyl sites for hydroxylation is 2. The normalized spacial score (nSPS) is 16.8. The van der Waals surface area contributed by atoms with Gasteiger partial charge in [-0.15, -0.1) is 0 Å². The van der Waals surface area contributed by atoms with E-state index in [0.717, 1.165) is 17.5 Å². The third-order valence-corrected chi connectivity index (χ3v) is 4.98. The molecule has 1 atom stereocenters. The Kier molecular flexibility index (Phi) is 5.71. The molecule has 1 heterocycles. The lowest BCUT2D eigenvalue weighted by molar-refractivity contribution is -0.129. The number of nitrogens with one attached hydrogen (secondary N) is 1. The van der Waals surface area contributed by atoms with Gasteiger partial charge in [-0.05, 0) is 30.0 Å². The van der Waals surface area contributed by atoms with Gasteiger partial charge in [-0.3, -0.25) is 9.59 Å². The highest BCUT2D eigenvalue weighted by molar-refractivity contribution is 5.89. The fraction of sp³-hybridized carbons (Fsp3) is 0.364. The first-order valence-electron chi connectivity index (χ1n) is 9.24. The minimum Gasteiger partial charge on any atom is -0.352 e. The van der Waals surface area contributed by atoms with E-state index in [0.29, 0.717) is 26.1 Å². The molecular weight excluding hydrogens is 324 g/mol. The van der Waals surface area contributed by atoms with Gasteiger partial charge in [-0.2, -0.15) is 0 Å². The van der Waals surface area contributed by atoms with Crippen LogP contribution in [0, 0.1) is 12.8 Å². The second kappa shape index (κ2) is 8.17. The standard InChI is InChI=1S/C22H26N2O2/c1-3-17-8-10-18(11-9-17)13-23-22(26)20-12-21(25)24(15-20)14-19-6-4-16(2)5-7-19/h4-11,20H,3,12-15H2,1-2H3,(H,23,26). The Morgan fingerprint density at radius 3 is 2.31 bits per heavy atom. The van der Waals surface area contributed by atoms with Crippen LogP contribution in [0.1, 0.15) is 35.6 Å². The van der Waals surface area contributed by atoms with Crippen LogP contribution in [0.15, 0.2) is 48.5 Å². The average molecular weight is 350 g/mol. The van der Waals surface area contributed by atoms with E-state index in [1.807, 2.05) is 43.3 Å². The molecule has 0 aliphatic carbocycles. The van der Waals surface area contributed by atoms with E-state index in [4.69, 9.17) is 0 Å². The number of rotatable bonds is 6. The van der Waals surface area contributed by atoms with Crippen LogP contribution in [0.2, 0.25) is 0 Å². The maximum absolute atomic E-state index is 12.4. The number of amides is 2. The van der Waals surface area contributed by atoms with Gasteiger partial charge >= 0.3 is 0 Å². The average Bonchev–Trinajstić information content (AvgIpc) is 3.02. The van der Waals surface area contributed by atoms with Crippen LogP contribution in [-0.4, -0.2) is 23.3 Å². The van der Waals surface area contributed by atoms with Gasteiger partial charge < -0.3 is 10.2 Å². The third kappa shape index (κ3) is 4.51. The number of carbonyl (C=O) groups is 2. The Labute approximate surface area is 155 Å². The van der Waals surface area contributed by atoms with Crippen molar-refractivity contribution in [2.24, 2.45) is 5.92 Å². The highest BCUT2D eigenvalue weighted by Crippen LogP contribution is 2.21. The van der Waals surface area contributed by atoms with Crippen LogP contribution in [0.4, 0.5) is 0 Å². The zero-order chi connectivity index (χ0) is 18.5. The maximum Gasteiger partial charge on any atom is 0.225 e. The molecule has 1 aliphatic rings. The molecule has 3 rings (SSSR count). The van der Waals surface area contributed by atoms with Crippen molar-refractivity contribution in [1.82, 2.24) is 10.2 Å². The van der Waals surface area contributed by atoms with Crippen molar-refractivity contribution in [3.63, 3.8) is 0 Å². The molecule has 1 unspecified atom stereocenters. The smallest absolute Gasteiger partial charge is 0.225 e. The van der Waals surface area contributed by atoms with E-state index in [9.17, 15) is 9.59 Å². The second-order valence-corrected chi connectivity index (χ2v) is 7.05. The molecule has 2 aromatic rings. The summed E-state index contributed by atoms with van der Waals surface area (Å²) in [5.41, 5.74) is 4.66. The summed E-state index contributed by atoms with van der Waals surface area (Å²) in [5, 5.41) is 2.97. The van der Waals surface area contributed by atoms with Gasteiger partial charge in [0.25, 0.3) is 0 Å². The van der Waals surface area contributed by atoms with E-state index in [1.165, 1.54) is 11.1 Å². The van der Waals surface area contributed by atoms with Gasteiger partial charge in [0.05, 0.1) is 5.92 Å². The molecule has 136 valence electrons. The molecule has 0 aromatic heterocycles. The Bertz CT molecular complexity index is 766. The van der Waals surface area contributed by atoms with Crippen molar-refractivity contribution in [1.29, 1.82) is 0 Å². The molecule has 4 heteroatoms. The van der Waals surface area contributed by atoms with Crippen molar-refractivity contribution in [2.45, 2.75) is 39.8 Å². The summed E-state index contributed by atoms with van der Waals surface area (Å²) in [6.07, 6.45) is 1.31. The van der Waals surface area contributed by atoms with Gasteiger partial charge in [-0.25, -0.2) is 0 Å². The van der Waals surface area contributed by atoms with Crippen LogP contribution >= 0.6 is 0 Å². The third-order valence-electron chi connectivity index (χ3n) is 4.98. The monoisotopic (exact) mass is 350 g/mol. The Morgan fingerprint density at radius 1 is 1.04 bits per heavy atom. The van der Waals surface area contributed by atoms with Crippen molar-refractivity contribution in [2.75, 3.05) is 6.54 Å². The molecule has 2 aromatic carbocycles. The molecule has 2 amide bonds. The highest BCUT2D eigenvalue weighted by Gasteiger charge is 2.34. The summed E-state index contributed by atoms with van der Waals surface area (Å²) >= 11 is 0. The zero-order valence-electron chi connectivity index (χ0n) is 15.5. The van der Waals surface area contributed by atoms with Crippen LogP contribution < -0.4 is 5.32 Å². The highest BCUT2D eigenvalue weighted by atomic mass is 16.2. The number of hydrogen-bond donors (Lipinski definition) is 1. The summed E-state index contributed by atoms with van der Waals surface area (Å²) in [5.74, 6) is -0.245. The van der Waals surface area contributed by atoms with E-state index in [-0.39, 0.29) is 17.7 Å². The number of hydrogen-bond acceptors (Lipinski definition) is 2. The minimum absolute atomic E-state index is 0.0377. The van der Waals surface area contributed by atoms with E-state index < -0.39 is 0 Å². The molecule has 1 fully saturated rings. The van der Waals surface area contributed by atoms with Gasteiger partial charge in [0.1, 0.15) is 0 Å². The van der Waals surface area contributed by atoms with Crippen molar-refractivity contribution in [3.05, 3.63) is 70.8 Å². The van der Waals surface area contributed by atoms with Gasteiger partial charge in [-0.1, -0.05) is 61.0 Å². The van der Waals surface area contributed by atoms with Crippen molar-refractivity contribution in [3.8, 4) is 0 Å². The molecule has 0 saturated carbocycles. The minimum atomic E-state index is -0.261. The van der Waals surface area contributed by atoms with Gasteiger partial charge in [0, 0.05) is 26.1 Å². The van der Waals surface area contributed by atoms with E-state index in [1.54, 1.807) is 4.90 Å². The summed E-state index contributed by atoms with van der Waals surface area (Å²) < 4.78 is 0. The molecule has 4 nitrogen and oxygen atoms in total. The lowest BCUT2D eigenvalue weighted by atomic mass is 10.1. The lowest BCUT2D eigenvalue weighted by Gasteiger charge is -2.17. The molecule has 26 heavy (non-hydrogen) atoms. The summed E-state index contributed by atoms with van der Waals surface area (Å²) in [7, 11) is 0. The van der Waals surface area contributed by atoms with E-state index >= 15 is 0 Å². The van der Waals surface area contributed by atoms with E-state index in [2.05, 4.69) is 24.4 Å². The van der Waals surface area contributed by atoms with Crippen LogP contribution in [0.3, 0.4) is 0 Å². The first-order valence-corrected chi connectivity index (χ1v) is 9.24. The SMILES string of the molecule is CCc1ccc(CNC(=O)C2CC(=O)N(Cc3ccc(C)cc3)C2)cc1. The largest absolute Gasteiger partial charge is 0.352 e. The summed E-state index contributed by atoms with van der Waals surface area (Å²) in [6.45, 7) is 5.73. The predicted molar refractivity (Wildman–Crippen MR) is 102 cm³/mol. The van der Waals surface area contributed by atoms with Crippen LogP contribution in [0.5, 0.6) is 0 Å². The lowest BCUT2D eigenvalue weighted by Crippen LogP contribution is -2.32.